The smallest absolute Gasteiger partial charge is 0.262 e. The van der Waals surface area contributed by atoms with E-state index in [1.807, 2.05) is 0 Å². The van der Waals surface area contributed by atoms with E-state index < -0.39 is 5.82 Å². The summed E-state index contributed by atoms with van der Waals surface area (Å²) in [5.41, 5.74) is 1.25. The second-order valence-corrected chi connectivity index (χ2v) is 7.36. The number of halogens is 2. The predicted octanol–water partition coefficient (Wildman–Crippen LogP) is 4.78. The van der Waals surface area contributed by atoms with Crippen molar-refractivity contribution in [1.29, 1.82) is 0 Å². The Balaban J connectivity index is 1.54. The van der Waals surface area contributed by atoms with E-state index >= 15 is 0 Å². The van der Waals surface area contributed by atoms with E-state index in [0.29, 0.717) is 22.7 Å². The van der Waals surface area contributed by atoms with Gasteiger partial charge in [0.25, 0.3) is 11.8 Å². The van der Waals surface area contributed by atoms with Crippen LogP contribution in [0.1, 0.15) is 15.9 Å². The van der Waals surface area contributed by atoms with Crippen LogP contribution in [0.4, 0.5) is 10.1 Å². The fraction of sp³-hybridized carbons (Fsp3) is 0.167. The van der Waals surface area contributed by atoms with Crippen molar-refractivity contribution >= 4 is 29.1 Å². The highest BCUT2D eigenvalue weighted by Crippen LogP contribution is 2.22. The normalized spacial score (nSPS) is 10.4. The second kappa shape index (κ2) is 10.6. The van der Waals surface area contributed by atoms with Gasteiger partial charge in [-0.1, -0.05) is 23.7 Å². The summed E-state index contributed by atoms with van der Waals surface area (Å²) in [4.78, 5) is 26.1. The van der Waals surface area contributed by atoms with Crippen LogP contribution in [0.3, 0.4) is 0 Å². The molecule has 0 bridgehead atoms. The summed E-state index contributed by atoms with van der Waals surface area (Å²) in [6.07, 6.45) is 0. The molecule has 0 aliphatic rings. The van der Waals surface area contributed by atoms with Gasteiger partial charge < -0.3 is 19.7 Å². The topological polar surface area (TPSA) is 67.9 Å². The largest absolute Gasteiger partial charge is 0.497 e. The van der Waals surface area contributed by atoms with Crippen LogP contribution in [0.25, 0.3) is 0 Å². The number of hydrogen-bond donors (Lipinski definition) is 1. The maximum absolute atomic E-state index is 14.0. The number of carbonyl (C=O) groups excluding carboxylic acids is 2. The SMILES string of the molecule is COc1cccc(NC(=O)COc2ccc(C(=O)N(C)Cc3c(F)cccc3Cl)cc2)c1. The molecule has 6 nitrogen and oxygen atoms in total. The van der Waals surface area contributed by atoms with Gasteiger partial charge in [-0.25, -0.2) is 4.39 Å². The van der Waals surface area contributed by atoms with Crippen molar-refractivity contribution in [2.45, 2.75) is 6.54 Å². The summed E-state index contributed by atoms with van der Waals surface area (Å²) in [6, 6.07) is 17.7. The lowest BCUT2D eigenvalue weighted by Crippen LogP contribution is -2.26. The maximum Gasteiger partial charge on any atom is 0.262 e. The molecule has 0 aliphatic heterocycles. The molecule has 0 atom stereocenters. The number of benzene rings is 3. The van der Waals surface area contributed by atoms with Crippen LogP contribution in [0.15, 0.2) is 66.7 Å². The monoisotopic (exact) mass is 456 g/mol. The van der Waals surface area contributed by atoms with E-state index in [9.17, 15) is 14.0 Å². The van der Waals surface area contributed by atoms with Crippen molar-refractivity contribution in [3.63, 3.8) is 0 Å². The molecular weight excluding hydrogens is 435 g/mol. The summed E-state index contributed by atoms with van der Waals surface area (Å²) in [7, 11) is 3.11. The van der Waals surface area contributed by atoms with Crippen molar-refractivity contribution in [3.05, 3.63) is 88.7 Å². The molecule has 0 saturated carbocycles. The predicted molar refractivity (Wildman–Crippen MR) is 121 cm³/mol. The number of anilines is 1. The van der Waals surface area contributed by atoms with Crippen molar-refractivity contribution < 1.29 is 23.5 Å². The van der Waals surface area contributed by atoms with E-state index in [2.05, 4.69) is 5.32 Å². The molecule has 0 aromatic heterocycles. The Hall–Kier alpha value is -3.58. The summed E-state index contributed by atoms with van der Waals surface area (Å²) in [5.74, 6) is -0.0342. The number of nitrogens with zero attached hydrogens (tertiary/aromatic N) is 1. The molecule has 3 aromatic rings. The molecule has 3 rings (SSSR count). The third kappa shape index (κ3) is 5.98. The average molecular weight is 457 g/mol. The molecule has 166 valence electrons. The number of rotatable bonds is 8. The highest BCUT2D eigenvalue weighted by atomic mass is 35.5. The Morgan fingerprint density at radius 3 is 2.44 bits per heavy atom. The van der Waals surface area contributed by atoms with Gasteiger partial charge in [0.1, 0.15) is 17.3 Å². The van der Waals surface area contributed by atoms with Crippen LogP contribution in [-0.2, 0) is 11.3 Å². The van der Waals surface area contributed by atoms with Gasteiger partial charge in [-0.3, -0.25) is 9.59 Å². The summed E-state index contributed by atoms with van der Waals surface area (Å²) in [5, 5.41) is 2.98. The van der Waals surface area contributed by atoms with Crippen LogP contribution in [-0.4, -0.2) is 37.5 Å². The van der Waals surface area contributed by atoms with Crippen molar-refractivity contribution in [3.8, 4) is 11.5 Å². The molecule has 0 spiro atoms. The summed E-state index contributed by atoms with van der Waals surface area (Å²) in [6.45, 7) is -0.163. The van der Waals surface area contributed by atoms with Gasteiger partial charge in [0, 0.05) is 41.5 Å². The van der Waals surface area contributed by atoms with Crippen molar-refractivity contribution in [1.82, 2.24) is 4.90 Å². The molecule has 0 heterocycles. The minimum absolute atomic E-state index is 0.0348. The fourth-order valence-electron chi connectivity index (χ4n) is 2.95. The van der Waals surface area contributed by atoms with Gasteiger partial charge in [0.2, 0.25) is 0 Å². The van der Waals surface area contributed by atoms with Crippen molar-refractivity contribution in [2.75, 3.05) is 26.1 Å². The van der Waals surface area contributed by atoms with E-state index in [1.54, 1.807) is 68.8 Å². The zero-order chi connectivity index (χ0) is 23.1. The number of hydrogen-bond acceptors (Lipinski definition) is 4. The van der Waals surface area contributed by atoms with Gasteiger partial charge in [-0.15, -0.1) is 0 Å². The lowest BCUT2D eigenvalue weighted by Gasteiger charge is -2.18. The molecule has 0 unspecified atom stereocenters. The zero-order valence-corrected chi connectivity index (χ0v) is 18.4. The van der Waals surface area contributed by atoms with Crippen LogP contribution in [0.5, 0.6) is 11.5 Å². The van der Waals surface area contributed by atoms with E-state index in [-0.39, 0.29) is 35.6 Å². The highest BCUT2D eigenvalue weighted by Gasteiger charge is 2.16. The van der Waals surface area contributed by atoms with Crippen LogP contribution in [0, 0.1) is 5.82 Å². The van der Waals surface area contributed by atoms with Crippen LogP contribution < -0.4 is 14.8 Å². The molecular formula is C24H22ClFN2O4. The molecule has 0 aliphatic carbocycles. The highest BCUT2D eigenvalue weighted by molar-refractivity contribution is 6.31. The van der Waals surface area contributed by atoms with Crippen LogP contribution in [0.2, 0.25) is 5.02 Å². The van der Waals surface area contributed by atoms with E-state index in [1.165, 1.54) is 17.0 Å². The molecule has 0 saturated heterocycles. The average Bonchev–Trinajstić information content (AvgIpc) is 2.80. The number of ether oxygens (including phenoxy) is 2. The lowest BCUT2D eigenvalue weighted by atomic mass is 10.1. The number of methoxy groups -OCH3 is 1. The van der Waals surface area contributed by atoms with Gasteiger partial charge in [-0.05, 0) is 48.5 Å². The minimum Gasteiger partial charge on any atom is -0.497 e. The Labute approximate surface area is 190 Å². The third-order valence-electron chi connectivity index (χ3n) is 4.63. The lowest BCUT2D eigenvalue weighted by molar-refractivity contribution is -0.118. The summed E-state index contributed by atoms with van der Waals surface area (Å²) >= 11 is 6.04. The first-order chi connectivity index (χ1) is 15.4. The maximum atomic E-state index is 14.0. The first-order valence-corrected chi connectivity index (χ1v) is 10.1. The van der Waals surface area contributed by atoms with Gasteiger partial charge in [0.15, 0.2) is 6.61 Å². The fourth-order valence-corrected chi connectivity index (χ4v) is 3.18. The molecule has 32 heavy (non-hydrogen) atoms. The Bertz CT molecular complexity index is 1090. The van der Waals surface area contributed by atoms with Gasteiger partial charge in [-0.2, -0.15) is 0 Å². The molecule has 1 N–H and O–H groups in total. The zero-order valence-electron chi connectivity index (χ0n) is 17.6. The summed E-state index contributed by atoms with van der Waals surface area (Å²) < 4.78 is 24.6. The second-order valence-electron chi connectivity index (χ2n) is 6.95. The first-order valence-electron chi connectivity index (χ1n) is 9.72. The first kappa shape index (κ1) is 23.1. The number of carbonyl (C=O) groups is 2. The molecule has 0 fully saturated rings. The van der Waals surface area contributed by atoms with E-state index in [4.69, 9.17) is 21.1 Å². The van der Waals surface area contributed by atoms with Gasteiger partial charge >= 0.3 is 0 Å². The molecule has 2 amide bonds. The molecule has 8 heteroatoms. The number of amides is 2. The number of nitrogens with one attached hydrogen (secondary N) is 1. The van der Waals surface area contributed by atoms with Crippen molar-refractivity contribution in [2.24, 2.45) is 0 Å². The Morgan fingerprint density at radius 1 is 1.03 bits per heavy atom. The standard InChI is InChI=1S/C24H22ClFN2O4/c1-28(14-20-21(25)7-4-8-22(20)26)24(30)16-9-11-18(12-10-16)32-15-23(29)27-17-5-3-6-19(13-17)31-2/h3-13H,14-15H2,1-2H3,(H,27,29). The minimum atomic E-state index is -0.465. The molecule has 0 radical (unpaired) electrons. The third-order valence-corrected chi connectivity index (χ3v) is 4.98. The Morgan fingerprint density at radius 2 is 1.75 bits per heavy atom. The molecule has 3 aromatic carbocycles. The van der Waals surface area contributed by atoms with E-state index in [0.717, 1.165) is 0 Å². The Kier molecular flexibility index (Phi) is 7.68. The van der Waals surface area contributed by atoms with Crippen LogP contribution >= 0.6 is 11.6 Å². The quantitative estimate of drug-likeness (QED) is 0.530. The van der Waals surface area contributed by atoms with Gasteiger partial charge in [0.05, 0.1) is 7.11 Å².